The number of sulfonamides is 1. The molecule has 1 N–H and O–H groups in total. The molecule has 0 radical (unpaired) electrons. The molecule has 0 spiro atoms. The van der Waals surface area contributed by atoms with E-state index in [1.165, 1.54) is 18.2 Å². The molecule has 2 aromatic carbocycles. The van der Waals surface area contributed by atoms with Crippen LogP contribution in [-0.4, -0.2) is 39.6 Å². The Morgan fingerprint density at radius 2 is 1.97 bits per heavy atom. The van der Waals surface area contributed by atoms with Crippen molar-refractivity contribution in [1.29, 1.82) is 0 Å². The van der Waals surface area contributed by atoms with E-state index in [0.29, 0.717) is 18.0 Å². The molecule has 3 rings (SSSR count). The number of hydrogen-bond donors (Lipinski definition) is 1. The van der Waals surface area contributed by atoms with Gasteiger partial charge in [-0.05, 0) is 42.3 Å². The van der Waals surface area contributed by atoms with Gasteiger partial charge in [0, 0.05) is 30.2 Å². The van der Waals surface area contributed by atoms with Crippen molar-refractivity contribution in [3.63, 3.8) is 0 Å². The normalized spacial score (nSPS) is 14.1. The maximum atomic E-state index is 12.5. The molecule has 1 aliphatic rings. The van der Waals surface area contributed by atoms with Crippen molar-refractivity contribution in [2.45, 2.75) is 19.4 Å². The first-order valence-electron chi connectivity index (χ1n) is 9.24. The Balaban J connectivity index is 1.69. The third kappa shape index (κ3) is 5.44. The Labute approximate surface area is 185 Å². The van der Waals surface area contributed by atoms with Crippen LogP contribution in [0, 0.1) is 0 Å². The topological polar surface area (TPSA) is 86.8 Å². The van der Waals surface area contributed by atoms with Crippen LogP contribution in [-0.2, 0) is 26.2 Å². The highest BCUT2D eigenvalue weighted by Crippen LogP contribution is 2.30. The van der Waals surface area contributed by atoms with E-state index in [-0.39, 0.29) is 23.2 Å². The minimum Gasteiger partial charge on any atom is -0.350 e. The summed E-state index contributed by atoms with van der Waals surface area (Å²) in [7, 11) is -3.75. The Morgan fingerprint density at radius 1 is 1.20 bits per heavy atom. The van der Waals surface area contributed by atoms with Gasteiger partial charge in [-0.15, -0.1) is 0 Å². The molecule has 7 nitrogen and oxygen atoms in total. The van der Waals surface area contributed by atoms with Gasteiger partial charge in [-0.3, -0.25) is 13.9 Å². The van der Waals surface area contributed by atoms with Crippen molar-refractivity contribution in [2.75, 3.05) is 28.6 Å². The predicted molar refractivity (Wildman–Crippen MR) is 119 cm³/mol. The second kappa shape index (κ2) is 9.24. The van der Waals surface area contributed by atoms with Crippen LogP contribution in [0.25, 0.3) is 0 Å². The molecule has 0 aromatic heterocycles. The van der Waals surface area contributed by atoms with Gasteiger partial charge in [-0.2, -0.15) is 0 Å². The first-order chi connectivity index (χ1) is 14.1. The van der Waals surface area contributed by atoms with Gasteiger partial charge in [0.05, 0.1) is 17.0 Å². The van der Waals surface area contributed by atoms with Crippen LogP contribution in [0.4, 0.5) is 11.4 Å². The number of nitrogens with one attached hydrogen (secondary N) is 1. The zero-order chi connectivity index (χ0) is 21.9. The summed E-state index contributed by atoms with van der Waals surface area (Å²) in [4.78, 5) is 26.1. The SMILES string of the molecule is CS(=O)(=O)N(CC(=O)NCc1cccc(N2CCCC2=O)c1)c1ccc(Cl)cc1Cl. The lowest BCUT2D eigenvalue weighted by atomic mass is 10.2. The van der Waals surface area contributed by atoms with Crippen LogP contribution in [0.5, 0.6) is 0 Å². The van der Waals surface area contributed by atoms with E-state index in [4.69, 9.17) is 23.2 Å². The minimum atomic E-state index is -3.75. The van der Waals surface area contributed by atoms with Gasteiger partial charge >= 0.3 is 0 Å². The molecule has 10 heteroatoms. The Hall–Kier alpha value is -2.29. The number of nitrogens with zero attached hydrogens (tertiary/aromatic N) is 2. The second-order valence-corrected chi connectivity index (χ2v) is 9.71. The Bertz CT molecular complexity index is 1080. The Morgan fingerprint density at radius 3 is 2.60 bits per heavy atom. The molecule has 30 heavy (non-hydrogen) atoms. The molecule has 1 aliphatic heterocycles. The van der Waals surface area contributed by atoms with E-state index in [0.717, 1.165) is 28.2 Å². The number of anilines is 2. The summed E-state index contributed by atoms with van der Waals surface area (Å²) in [6.45, 7) is 0.449. The summed E-state index contributed by atoms with van der Waals surface area (Å²) in [6.07, 6.45) is 2.37. The molecule has 0 atom stereocenters. The molecule has 1 fully saturated rings. The van der Waals surface area contributed by atoms with Crippen LogP contribution in [0.3, 0.4) is 0 Å². The van der Waals surface area contributed by atoms with Crippen LogP contribution in [0.15, 0.2) is 42.5 Å². The first kappa shape index (κ1) is 22.4. The highest BCUT2D eigenvalue weighted by atomic mass is 35.5. The van der Waals surface area contributed by atoms with Crippen molar-refractivity contribution < 1.29 is 18.0 Å². The number of amides is 2. The van der Waals surface area contributed by atoms with Gasteiger partial charge in [0.1, 0.15) is 6.54 Å². The summed E-state index contributed by atoms with van der Waals surface area (Å²) in [5.74, 6) is -0.408. The highest BCUT2D eigenvalue weighted by Gasteiger charge is 2.24. The van der Waals surface area contributed by atoms with E-state index < -0.39 is 22.5 Å². The van der Waals surface area contributed by atoms with Crippen molar-refractivity contribution in [3.8, 4) is 0 Å². The smallest absolute Gasteiger partial charge is 0.241 e. The quantitative estimate of drug-likeness (QED) is 0.674. The third-order valence-electron chi connectivity index (χ3n) is 4.65. The van der Waals surface area contributed by atoms with Gasteiger partial charge in [-0.1, -0.05) is 35.3 Å². The lowest BCUT2D eigenvalue weighted by molar-refractivity contribution is -0.120. The molecule has 0 unspecified atom stereocenters. The minimum absolute atomic E-state index is 0.0832. The van der Waals surface area contributed by atoms with E-state index in [1.54, 1.807) is 4.90 Å². The fourth-order valence-electron chi connectivity index (χ4n) is 3.21. The van der Waals surface area contributed by atoms with Crippen LogP contribution in [0.1, 0.15) is 18.4 Å². The van der Waals surface area contributed by atoms with E-state index >= 15 is 0 Å². The van der Waals surface area contributed by atoms with Crippen LogP contribution < -0.4 is 14.5 Å². The number of carbonyl (C=O) groups is 2. The molecule has 0 bridgehead atoms. The monoisotopic (exact) mass is 469 g/mol. The average Bonchev–Trinajstić information content (AvgIpc) is 3.10. The summed E-state index contributed by atoms with van der Waals surface area (Å²) in [6, 6.07) is 11.7. The van der Waals surface area contributed by atoms with Crippen molar-refractivity contribution in [3.05, 3.63) is 58.1 Å². The molecule has 160 valence electrons. The van der Waals surface area contributed by atoms with E-state index in [1.807, 2.05) is 24.3 Å². The van der Waals surface area contributed by atoms with E-state index in [2.05, 4.69) is 5.32 Å². The fourth-order valence-corrected chi connectivity index (χ4v) is 4.64. The molecular formula is C20H21Cl2N3O4S. The predicted octanol–water partition coefficient (Wildman–Crippen LogP) is 3.20. The molecule has 0 saturated carbocycles. The molecule has 1 saturated heterocycles. The van der Waals surface area contributed by atoms with Crippen molar-refractivity contribution in [2.24, 2.45) is 0 Å². The molecular weight excluding hydrogens is 449 g/mol. The summed E-state index contributed by atoms with van der Waals surface area (Å²) in [5.41, 5.74) is 1.76. The second-order valence-electron chi connectivity index (χ2n) is 6.96. The van der Waals surface area contributed by atoms with Gasteiger partial charge in [0.25, 0.3) is 0 Å². The maximum absolute atomic E-state index is 12.5. The van der Waals surface area contributed by atoms with Gasteiger partial charge < -0.3 is 10.2 Å². The standard InChI is InChI=1S/C20H21Cl2N3O4S/c1-30(28,29)25(18-8-7-15(21)11-17(18)22)13-19(26)23-12-14-4-2-5-16(10-14)24-9-3-6-20(24)27/h2,4-5,7-8,10-11H,3,6,9,12-13H2,1H3,(H,23,26). The first-order valence-corrected chi connectivity index (χ1v) is 11.8. The van der Waals surface area contributed by atoms with Crippen LogP contribution >= 0.6 is 23.2 Å². The average molecular weight is 470 g/mol. The summed E-state index contributed by atoms with van der Waals surface area (Å²) in [5, 5.41) is 3.20. The fraction of sp³-hybridized carbons (Fsp3) is 0.300. The summed E-state index contributed by atoms with van der Waals surface area (Å²) >= 11 is 12.0. The van der Waals surface area contributed by atoms with Gasteiger partial charge in [0.15, 0.2) is 0 Å². The van der Waals surface area contributed by atoms with Gasteiger partial charge in [-0.25, -0.2) is 8.42 Å². The highest BCUT2D eigenvalue weighted by molar-refractivity contribution is 7.92. The summed E-state index contributed by atoms with van der Waals surface area (Å²) < 4.78 is 25.4. The van der Waals surface area contributed by atoms with Crippen molar-refractivity contribution >= 4 is 56.4 Å². The maximum Gasteiger partial charge on any atom is 0.241 e. The lowest BCUT2D eigenvalue weighted by Gasteiger charge is -2.23. The van der Waals surface area contributed by atoms with Gasteiger partial charge in [0.2, 0.25) is 21.8 Å². The molecule has 1 heterocycles. The number of rotatable bonds is 7. The zero-order valence-corrected chi connectivity index (χ0v) is 18.6. The Kier molecular flexibility index (Phi) is 6.90. The number of hydrogen-bond acceptors (Lipinski definition) is 4. The lowest BCUT2D eigenvalue weighted by Crippen LogP contribution is -2.40. The van der Waals surface area contributed by atoms with Crippen molar-refractivity contribution in [1.82, 2.24) is 5.32 Å². The molecule has 0 aliphatic carbocycles. The number of carbonyl (C=O) groups excluding carboxylic acids is 2. The number of halogens is 2. The van der Waals surface area contributed by atoms with Crippen LogP contribution in [0.2, 0.25) is 10.0 Å². The number of benzene rings is 2. The zero-order valence-electron chi connectivity index (χ0n) is 16.3. The van der Waals surface area contributed by atoms with E-state index in [9.17, 15) is 18.0 Å². The molecule has 2 aromatic rings. The third-order valence-corrected chi connectivity index (χ3v) is 6.32. The largest absolute Gasteiger partial charge is 0.350 e. The molecule has 2 amide bonds.